The van der Waals surface area contributed by atoms with Gasteiger partial charge in [-0.05, 0) is 50.0 Å². The summed E-state index contributed by atoms with van der Waals surface area (Å²) < 4.78 is 6.00. The summed E-state index contributed by atoms with van der Waals surface area (Å²) in [6, 6.07) is 19.4. The van der Waals surface area contributed by atoms with Crippen molar-refractivity contribution in [3.05, 3.63) is 89.2 Å². The van der Waals surface area contributed by atoms with Gasteiger partial charge in [0.25, 0.3) is 11.8 Å². The van der Waals surface area contributed by atoms with E-state index in [4.69, 9.17) is 4.74 Å². The second-order valence-corrected chi connectivity index (χ2v) is 7.43. The summed E-state index contributed by atoms with van der Waals surface area (Å²) in [6.45, 7) is 3.70. The minimum Gasteiger partial charge on any atom is -0.473 e. The number of para-hydroxylation sites is 1. The van der Waals surface area contributed by atoms with Gasteiger partial charge < -0.3 is 10.1 Å². The lowest BCUT2D eigenvalue weighted by Crippen LogP contribution is -2.37. The van der Waals surface area contributed by atoms with Gasteiger partial charge in [-0.15, -0.1) is 0 Å². The van der Waals surface area contributed by atoms with Crippen molar-refractivity contribution in [2.75, 3.05) is 4.90 Å². The smallest absolute Gasteiger partial charge is 0.257 e. The molecule has 2 aliphatic rings. The molecule has 2 aromatic carbocycles. The zero-order chi connectivity index (χ0) is 20.4. The highest BCUT2D eigenvalue weighted by molar-refractivity contribution is 6.09. The number of piperidine rings is 1. The Morgan fingerprint density at radius 2 is 1.66 bits per heavy atom. The third-order valence-corrected chi connectivity index (χ3v) is 5.61. The Bertz CT molecular complexity index is 980. The second-order valence-electron chi connectivity index (χ2n) is 7.43. The van der Waals surface area contributed by atoms with Gasteiger partial charge in [-0.25, -0.2) is 0 Å². The summed E-state index contributed by atoms with van der Waals surface area (Å²) in [5.41, 5.74) is 4.00. The van der Waals surface area contributed by atoms with Gasteiger partial charge >= 0.3 is 0 Å². The molecular formula is C24H24N2O3. The van der Waals surface area contributed by atoms with Crippen LogP contribution >= 0.6 is 0 Å². The van der Waals surface area contributed by atoms with Crippen LogP contribution < -0.4 is 10.2 Å². The molecular weight excluding hydrogens is 364 g/mol. The zero-order valence-electron chi connectivity index (χ0n) is 16.6. The second kappa shape index (κ2) is 7.95. The first-order chi connectivity index (χ1) is 14.1. The number of nitrogens with zero attached hydrogens (tertiary/aromatic N) is 1. The fraction of sp³-hybridized carbons (Fsp3) is 0.250. The van der Waals surface area contributed by atoms with Gasteiger partial charge in [0.05, 0.1) is 17.9 Å². The number of hydrogen-bond acceptors (Lipinski definition) is 3. The fourth-order valence-electron chi connectivity index (χ4n) is 3.77. The molecule has 0 saturated carbocycles. The highest BCUT2D eigenvalue weighted by atomic mass is 16.5. The molecule has 148 valence electrons. The molecule has 4 rings (SSSR count). The lowest BCUT2D eigenvalue weighted by molar-refractivity contribution is -0.119. The van der Waals surface area contributed by atoms with E-state index < -0.39 is 6.23 Å². The summed E-state index contributed by atoms with van der Waals surface area (Å²) in [7, 11) is 0. The first-order valence-electron chi connectivity index (χ1n) is 9.82. The van der Waals surface area contributed by atoms with Crippen LogP contribution in [0.1, 0.15) is 38.3 Å². The molecule has 0 spiro atoms. The van der Waals surface area contributed by atoms with Gasteiger partial charge in [-0.2, -0.15) is 0 Å². The van der Waals surface area contributed by atoms with E-state index >= 15 is 0 Å². The van der Waals surface area contributed by atoms with E-state index in [1.165, 1.54) is 6.26 Å². The van der Waals surface area contributed by atoms with Gasteiger partial charge in [0.1, 0.15) is 0 Å². The summed E-state index contributed by atoms with van der Waals surface area (Å²) >= 11 is 0. The zero-order valence-corrected chi connectivity index (χ0v) is 16.6. The highest BCUT2D eigenvalue weighted by Gasteiger charge is 2.37. The lowest BCUT2D eigenvalue weighted by Gasteiger charge is -2.28. The number of benzene rings is 2. The molecule has 2 aromatic rings. The molecule has 2 unspecified atom stereocenters. The van der Waals surface area contributed by atoms with Crippen molar-refractivity contribution in [2.45, 2.75) is 39.0 Å². The number of anilines is 1. The Hall–Kier alpha value is -3.34. The standard InChI is InChI=1S/C24H24N2O3/c1-16-17(2)24(26(23(16)28)20-11-7-4-8-12-20)29-15-19-13-14-21(25-22(19)27)18-9-5-3-6-10-18/h3-12,15,21,24H,13-14H2,1-2H3,(H,25,27)/b19-15+. The normalized spacial score (nSPS) is 23.5. The van der Waals surface area contributed by atoms with Gasteiger partial charge in [0.2, 0.25) is 6.23 Å². The molecule has 1 fully saturated rings. The van der Waals surface area contributed by atoms with Crippen LogP contribution in [0.5, 0.6) is 0 Å². The Morgan fingerprint density at radius 1 is 1.00 bits per heavy atom. The van der Waals surface area contributed by atoms with Gasteiger partial charge in [-0.1, -0.05) is 48.5 Å². The maximum absolute atomic E-state index is 12.7. The van der Waals surface area contributed by atoms with E-state index in [0.717, 1.165) is 23.2 Å². The maximum Gasteiger partial charge on any atom is 0.257 e. The van der Waals surface area contributed by atoms with Crippen LogP contribution in [-0.4, -0.2) is 18.0 Å². The van der Waals surface area contributed by atoms with E-state index in [2.05, 4.69) is 5.32 Å². The lowest BCUT2D eigenvalue weighted by atomic mass is 9.95. The van der Waals surface area contributed by atoms with E-state index in [0.29, 0.717) is 17.6 Å². The maximum atomic E-state index is 12.7. The molecule has 0 aliphatic carbocycles. The first-order valence-corrected chi connectivity index (χ1v) is 9.82. The van der Waals surface area contributed by atoms with E-state index in [1.54, 1.807) is 4.90 Å². The molecule has 0 bridgehead atoms. The molecule has 29 heavy (non-hydrogen) atoms. The highest BCUT2D eigenvalue weighted by Crippen LogP contribution is 2.32. The summed E-state index contributed by atoms with van der Waals surface area (Å²) in [5, 5.41) is 3.05. The number of rotatable bonds is 4. The number of carbonyl (C=O) groups excluding carboxylic acids is 2. The van der Waals surface area contributed by atoms with Crippen LogP contribution in [-0.2, 0) is 14.3 Å². The molecule has 0 radical (unpaired) electrons. The van der Waals surface area contributed by atoms with Crippen LogP contribution in [0, 0.1) is 0 Å². The Labute approximate surface area is 170 Å². The number of hydrogen-bond donors (Lipinski definition) is 1. The Kier molecular flexibility index (Phi) is 5.21. The van der Waals surface area contributed by atoms with Crippen LogP contribution in [0.4, 0.5) is 5.69 Å². The van der Waals surface area contributed by atoms with Gasteiger partial charge in [0, 0.05) is 11.3 Å². The van der Waals surface area contributed by atoms with E-state index in [9.17, 15) is 9.59 Å². The molecule has 1 N–H and O–H groups in total. The first kappa shape index (κ1) is 19.0. The van der Waals surface area contributed by atoms with Crippen molar-refractivity contribution in [2.24, 2.45) is 0 Å². The third-order valence-electron chi connectivity index (χ3n) is 5.61. The predicted molar refractivity (Wildman–Crippen MR) is 112 cm³/mol. The number of ether oxygens (including phenoxy) is 1. The molecule has 1 saturated heterocycles. The van der Waals surface area contributed by atoms with Crippen molar-refractivity contribution in [1.82, 2.24) is 5.32 Å². The van der Waals surface area contributed by atoms with E-state index in [1.807, 2.05) is 74.5 Å². The SMILES string of the molecule is CC1=C(C)C(O/C=C2\CCC(c3ccccc3)NC2=O)N(c2ccccc2)C1=O. The average Bonchev–Trinajstić information content (AvgIpc) is 2.97. The number of amides is 2. The number of carbonyl (C=O) groups is 2. The minimum absolute atomic E-state index is 0.0126. The molecule has 5 heteroatoms. The van der Waals surface area contributed by atoms with Crippen molar-refractivity contribution in [3.8, 4) is 0 Å². The molecule has 2 aliphatic heterocycles. The van der Waals surface area contributed by atoms with Gasteiger partial charge in [0.15, 0.2) is 0 Å². The Morgan fingerprint density at radius 3 is 2.31 bits per heavy atom. The van der Waals surface area contributed by atoms with Crippen LogP contribution in [0.15, 0.2) is 83.6 Å². The monoisotopic (exact) mass is 388 g/mol. The van der Waals surface area contributed by atoms with Crippen molar-refractivity contribution >= 4 is 17.5 Å². The van der Waals surface area contributed by atoms with E-state index in [-0.39, 0.29) is 17.9 Å². The average molecular weight is 388 g/mol. The molecule has 2 atom stereocenters. The summed E-state index contributed by atoms with van der Waals surface area (Å²) in [5.74, 6) is -0.201. The van der Waals surface area contributed by atoms with Crippen LogP contribution in [0.2, 0.25) is 0 Å². The molecule has 2 amide bonds. The van der Waals surface area contributed by atoms with Crippen molar-refractivity contribution < 1.29 is 14.3 Å². The van der Waals surface area contributed by atoms with Crippen molar-refractivity contribution in [3.63, 3.8) is 0 Å². The molecule has 5 nitrogen and oxygen atoms in total. The number of nitrogens with one attached hydrogen (secondary N) is 1. The topological polar surface area (TPSA) is 58.6 Å². The van der Waals surface area contributed by atoms with Crippen LogP contribution in [0.25, 0.3) is 0 Å². The van der Waals surface area contributed by atoms with Crippen molar-refractivity contribution in [1.29, 1.82) is 0 Å². The van der Waals surface area contributed by atoms with Crippen LogP contribution in [0.3, 0.4) is 0 Å². The van der Waals surface area contributed by atoms with Gasteiger partial charge in [-0.3, -0.25) is 14.5 Å². The largest absolute Gasteiger partial charge is 0.473 e. The minimum atomic E-state index is -0.544. The predicted octanol–water partition coefficient (Wildman–Crippen LogP) is 4.25. The summed E-state index contributed by atoms with van der Waals surface area (Å²) in [6.07, 6.45) is 2.41. The summed E-state index contributed by atoms with van der Waals surface area (Å²) in [4.78, 5) is 27.0. The molecule has 0 aromatic heterocycles. The quantitative estimate of drug-likeness (QED) is 0.629. The third kappa shape index (κ3) is 3.68. The fourth-order valence-corrected chi connectivity index (χ4v) is 3.77. The molecule has 2 heterocycles. The Balaban J connectivity index is 1.50.